The van der Waals surface area contributed by atoms with Gasteiger partial charge in [0.15, 0.2) is 0 Å². The Morgan fingerprint density at radius 3 is 2.56 bits per heavy atom. The molecule has 0 spiro atoms. The third-order valence-corrected chi connectivity index (χ3v) is 5.13. The maximum absolute atomic E-state index is 3.65. The lowest BCUT2D eigenvalue weighted by Gasteiger charge is -2.28. The van der Waals surface area contributed by atoms with E-state index in [2.05, 4.69) is 26.1 Å². The average Bonchev–Trinajstić information content (AvgIpc) is 2.87. The summed E-state index contributed by atoms with van der Waals surface area (Å²) in [5, 5.41) is 3.65. The van der Waals surface area contributed by atoms with Crippen LogP contribution in [0.15, 0.2) is 0 Å². The lowest BCUT2D eigenvalue weighted by molar-refractivity contribution is 0.247. The van der Waals surface area contributed by atoms with Gasteiger partial charge < -0.3 is 5.32 Å². The van der Waals surface area contributed by atoms with Crippen LogP contribution in [0.4, 0.5) is 0 Å². The van der Waals surface area contributed by atoms with E-state index in [1.165, 1.54) is 19.4 Å². The van der Waals surface area contributed by atoms with Gasteiger partial charge >= 0.3 is 0 Å². The Balaban J connectivity index is 1.72. The van der Waals surface area contributed by atoms with Crippen molar-refractivity contribution >= 4 is 0 Å². The quantitative estimate of drug-likeness (QED) is 0.721. The first-order valence-corrected chi connectivity index (χ1v) is 7.44. The van der Waals surface area contributed by atoms with Gasteiger partial charge in [0.05, 0.1) is 0 Å². The maximum Gasteiger partial charge on any atom is 0.00644 e. The minimum Gasteiger partial charge on any atom is -0.314 e. The fraction of sp³-hybridized carbons (Fsp3) is 1.00. The molecule has 0 saturated heterocycles. The van der Waals surface area contributed by atoms with Gasteiger partial charge in [-0.3, -0.25) is 0 Å². The fourth-order valence-electron chi connectivity index (χ4n) is 3.92. The highest BCUT2D eigenvalue weighted by Crippen LogP contribution is 2.50. The van der Waals surface area contributed by atoms with E-state index in [4.69, 9.17) is 0 Å². The van der Waals surface area contributed by atoms with Gasteiger partial charge in [0.1, 0.15) is 0 Å². The summed E-state index contributed by atoms with van der Waals surface area (Å²) in [7, 11) is 0. The van der Waals surface area contributed by atoms with Crippen molar-refractivity contribution in [1.29, 1.82) is 0 Å². The van der Waals surface area contributed by atoms with Crippen LogP contribution >= 0.6 is 0 Å². The van der Waals surface area contributed by atoms with Crippen molar-refractivity contribution in [3.05, 3.63) is 0 Å². The van der Waals surface area contributed by atoms with E-state index < -0.39 is 0 Å². The molecule has 2 bridgehead atoms. The van der Waals surface area contributed by atoms with Crippen LogP contribution in [0.25, 0.3) is 0 Å². The summed E-state index contributed by atoms with van der Waals surface area (Å²) < 4.78 is 0. The first-order chi connectivity index (χ1) is 7.70. The molecule has 16 heavy (non-hydrogen) atoms. The Hall–Kier alpha value is -0.0400. The van der Waals surface area contributed by atoms with Gasteiger partial charge in [-0.2, -0.15) is 0 Å². The molecule has 0 amide bonds. The molecule has 5 unspecified atom stereocenters. The molecular formula is C15H29N. The van der Waals surface area contributed by atoms with E-state index in [-0.39, 0.29) is 0 Å². The second kappa shape index (κ2) is 5.53. The first-order valence-electron chi connectivity index (χ1n) is 7.44. The number of hydrogen-bond donors (Lipinski definition) is 1. The zero-order valence-corrected chi connectivity index (χ0v) is 11.3. The summed E-state index contributed by atoms with van der Waals surface area (Å²) in [4.78, 5) is 0. The van der Waals surface area contributed by atoms with E-state index in [1.807, 2.05) is 0 Å². The van der Waals surface area contributed by atoms with Crippen LogP contribution in [0.1, 0.15) is 59.3 Å². The van der Waals surface area contributed by atoms with Crippen molar-refractivity contribution < 1.29 is 0 Å². The summed E-state index contributed by atoms with van der Waals surface area (Å²) in [6.45, 7) is 8.25. The predicted octanol–water partition coefficient (Wildman–Crippen LogP) is 3.84. The van der Waals surface area contributed by atoms with E-state index in [9.17, 15) is 0 Å². The SMILES string of the molecule is CCCNC(C)C(C)CC1CC2CCC1C2. The molecule has 1 N–H and O–H groups in total. The molecule has 5 atom stereocenters. The molecule has 0 aromatic carbocycles. The van der Waals surface area contributed by atoms with Crippen LogP contribution in [-0.2, 0) is 0 Å². The zero-order chi connectivity index (χ0) is 11.5. The lowest BCUT2D eigenvalue weighted by atomic mass is 9.81. The Kier molecular flexibility index (Phi) is 4.29. The zero-order valence-electron chi connectivity index (χ0n) is 11.3. The molecule has 94 valence electrons. The third-order valence-electron chi connectivity index (χ3n) is 5.13. The van der Waals surface area contributed by atoms with Gasteiger partial charge in [-0.25, -0.2) is 0 Å². The molecule has 0 heterocycles. The van der Waals surface area contributed by atoms with Gasteiger partial charge in [-0.15, -0.1) is 0 Å². The molecular weight excluding hydrogens is 194 g/mol. The molecule has 0 radical (unpaired) electrons. The summed E-state index contributed by atoms with van der Waals surface area (Å²) >= 11 is 0. The molecule has 2 aliphatic rings. The van der Waals surface area contributed by atoms with Gasteiger partial charge in [-0.05, 0) is 69.2 Å². The van der Waals surface area contributed by atoms with Gasteiger partial charge in [0.2, 0.25) is 0 Å². The highest BCUT2D eigenvalue weighted by Gasteiger charge is 2.39. The largest absolute Gasteiger partial charge is 0.314 e. The summed E-state index contributed by atoms with van der Waals surface area (Å²) in [6, 6.07) is 0.707. The van der Waals surface area contributed by atoms with E-state index in [0.717, 1.165) is 23.7 Å². The monoisotopic (exact) mass is 223 g/mol. The number of fused-ring (bicyclic) bond motifs is 2. The highest BCUT2D eigenvalue weighted by atomic mass is 14.9. The molecule has 2 fully saturated rings. The number of rotatable bonds is 6. The summed E-state index contributed by atoms with van der Waals surface area (Å²) in [5.41, 5.74) is 0. The van der Waals surface area contributed by atoms with Gasteiger partial charge in [0, 0.05) is 6.04 Å². The predicted molar refractivity (Wildman–Crippen MR) is 70.5 cm³/mol. The van der Waals surface area contributed by atoms with Crippen molar-refractivity contribution in [2.75, 3.05) is 6.54 Å². The minimum absolute atomic E-state index is 0.707. The van der Waals surface area contributed by atoms with Crippen molar-refractivity contribution in [2.45, 2.75) is 65.3 Å². The van der Waals surface area contributed by atoms with E-state index in [1.54, 1.807) is 25.7 Å². The number of nitrogens with one attached hydrogen (secondary N) is 1. The lowest BCUT2D eigenvalue weighted by Crippen LogP contribution is -2.34. The first kappa shape index (κ1) is 12.4. The Labute approximate surface area is 101 Å². The van der Waals surface area contributed by atoms with Crippen molar-refractivity contribution in [3.63, 3.8) is 0 Å². The van der Waals surface area contributed by atoms with Crippen molar-refractivity contribution in [1.82, 2.24) is 5.32 Å². The van der Waals surface area contributed by atoms with Crippen LogP contribution in [0.5, 0.6) is 0 Å². The smallest absolute Gasteiger partial charge is 0.00644 e. The fourth-order valence-corrected chi connectivity index (χ4v) is 3.92. The van der Waals surface area contributed by atoms with Crippen LogP contribution in [-0.4, -0.2) is 12.6 Å². The second-order valence-corrected chi connectivity index (χ2v) is 6.39. The van der Waals surface area contributed by atoms with E-state index >= 15 is 0 Å². The summed E-state index contributed by atoms with van der Waals surface area (Å²) in [5.74, 6) is 4.14. The Morgan fingerprint density at radius 2 is 2.00 bits per heavy atom. The third kappa shape index (κ3) is 2.80. The van der Waals surface area contributed by atoms with Crippen molar-refractivity contribution in [3.8, 4) is 0 Å². The van der Waals surface area contributed by atoms with Crippen LogP contribution in [0.3, 0.4) is 0 Å². The number of hydrogen-bond acceptors (Lipinski definition) is 1. The summed E-state index contributed by atoms with van der Waals surface area (Å²) in [6.07, 6.45) is 8.92. The topological polar surface area (TPSA) is 12.0 Å². The average molecular weight is 223 g/mol. The van der Waals surface area contributed by atoms with Crippen LogP contribution in [0, 0.1) is 23.7 Å². The van der Waals surface area contributed by atoms with Gasteiger partial charge in [-0.1, -0.05) is 20.3 Å². The van der Waals surface area contributed by atoms with Crippen LogP contribution < -0.4 is 5.32 Å². The second-order valence-electron chi connectivity index (χ2n) is 6.39. The minimum atomic E-state index is 0.707. The van der Waals surface area contributed by atoms with Gasteiger partial charge in [0.25, 0.3) is 0 Å². The molecule has 2 rings (SSSR count). The van der Waals surface area contributed by atoms with Crippen molar-refractivity contribution in [2.24, 2.45) is 23.7 Å². The molecule has 2 aliphatic carbocycles. The molecule has 0 aromatic rings. The molecule has 0 aliphatic heterocycles. The van der Waals surface area contributed by atoms with Crippen LogP contribution in [0.2, 0.25) is 0 Å². The highest BCUT2D eigenvalue weighted by molar-refractivity contribution is 4.91. The maximum atomic E-state index is 3.65. The molecule has 2 saturated carbocycles. The molecule has 1 heteroatoms. The Morgan fingerprint density at radius 1 is 1.19 bits per heavy atom. The Bertz CT molecular complexity index is 213. The normalized spacial score (nSPS) is 36.6. The standard InChI is InChI=1S/C15H29N/c1-4-7-16-12(3)11(2)8-15-10-13-5-6-14(15)9-13/h11-16H,4-10H2,1-3H3. The van der Waals surface area contributed by atoms with E-state index in [0.29, 0.717) is 6.04 Å². The molecule has 0 aromatic heterocycles. The molecule has 1 nitrogen and oxygen atoms in total.